The summed E-state index contributed by atoms with van der Waals surface area (Å²) >= 11 is 7.58. The number of amides is 1. The molecule has 184 valence electrons. The molecular weight excluding hydrogens is 508 g/mol. The molecule has 1 fully saturated rings. The SMILES string of the molecule is C[C@H]1CN(S(=O)(=O)c2ccc(NC(=O)c3nc(SCc4ccccc4)ncc3Cl)cc2)C[C@H](C)O1. The van der Waals surface area contributed by atoms with Gasteiger partial charge in [-0.2, -0.15) is 4.31 Å². The molecule has 1 N–H and O–H groups in total. The second kappa shape index (κ2) is 11.0. The van der Waals surface area contributed by atoms with E-state index in [0.717, 1.165) is 5.56 Å². The van der Waals surface area contributed by atoms with Crippen molar-refractivity contribution in [2.45, 2.75) is 41.9 Å². The van der Waals surface area contributed by atoms with Crippen LogP contribution in [-0.2, 0) is 20.5 Å². The number of carbonyl (C=O) groups is 1. The van der Waals surface area contributed by atoms with Crippen LogP contribution < -0.4 is 5.32 Å². The van der Waals surface area contributed by atoms with Crippen LogP contribution in [0.25, 0.3) is 0 Å². The fourth-order valence-electron chi connectivity index (χ4n) is 3.68. The normalized spacial score (nSPS) is 18.8. The first-order valence-corrected chi connectivity index (χ1v) is 13.8. The molecule has 0 spiro atoms. The van der Waals surface area contributed by atoms with Gasteiger partial charge >= 0.3 is 0 Å². The van der Waals surface area contributed by atoms with Gasteiger partial charge in [0.05, 0.1) is 28.3 Å². The van der Waals surface area contributed by atoms with Crippen LogP contribution in [0.15, 0.2) is 70.8 Å². The second-order valence-electron chi connectivity index (χ2n) is 8.18. The molecule has 35 heavy (non-hydrogen) atoms. The lowest BCUT2D eigenvalue weighted by atomic mass is 10.2. The molecule has 1 aliphatic rings. The van der Waals surface area contributed by atoms with Crippen molar-refractivity contribution in [2.75, 3.05) is 18.4 Å². The number of nitrogens with one attached hydrogen (secondary N) is 1. The van der Waals surface area contributed by atoms with Gasteiger partial charge in [-0.3, -0.25) is 4.79 Å². The Morgan fingerprint density at radius 1 is 1.11 bits per heavy atom. The fourth-order valence-corrected chi connectivity index (χ4v) is 6.22. The molecule has 1 saturated heterocycles. The van der Waals surface area contributed by atoms with E-state index < -0.39 is 15.9 Å². The number of thioether (sulfide) groups is 1. The summed E-state index contributed by atoms with van der Waals surface area (Å²) in [5.74, 6) is 0.144. The first-order chi connectivity index (χ1) is 16.7. The zero-order valence-corrected chi connectivity index (χ0v) is 21.6. The second-order valence-corrected chi connectivity index (χ2v) is 11.5. The first-order valence-electron chi connectivity index (χ1n) is 11.0. The molecule has 3 aromatic rings. The monoisotopic (exact) mass is 532 g/mol. The summed E-state index contributed by atoms with van der Waals surface area (Å²) in [6, 6.07) is 15.9. The summed E-state index contributed by atoms with van der Waals surface area (Å²) in [7, 11) is -3.67. The van der Waals surface area contributed by atoms with Gasteiger partial charge in [0.15, 0.2) is 10.9 Å². The van der Waals surface area contributed by atoms with Crippen molar-refractivity contribution >= 4 is 45.0 Å². The van der Waals surface area contributed by atoms with Crippen molar-refractivity contribution in [3.05, 3.63) is 77.1 Å². The van der Waals surface area contributed by atoms with Crippen molar-refractivity contribution in [1.29, 1.82) is 0 Å². The van der Waals surface area contributed by atoms with E-state index in [4.69, 9.17) is 16.3 Å². The Morgan fingerprint density at radius 3 is 2.43 bits per heavy atom. The average molecular weight is 533 g/mol. The maximum Gasteiger partial charge on any atom is 0.275 e. The molecule has 1 aromatic heterocycles. The van der Waals surface area contributed by atoms with Gasteiger partial charge in [-0.05, 0) is 43.7 Å². The van der Waals surface area contributed by atoms with Crippen LogP contribution in [-0.4, -0.2) is 53.9 Å². The smallest absolute Gasteiger partial charge is 0.275 e. The molecule has 1 amide bonds. The zero-order valence-electron chi connectivity index (χ0n) is 19.2. The highest BCUT2D eigenvalue weighted by Gasteiger charge is 2.32. The highest BCUT2D eigenvalue weighted by molar-refractivity contribution is 7.98. The van der Waals surface area contributed by atoms with E-state index in [2.05, 4.69) is 15.3 Å². The Hall–Kier alpha value is -2.50. The summed E-state index contributed by atoms with van der Waals surface area (Å²) in [5.41, 5.74) is 1.58. The van der Waals surface area contributed by atoms with Gasteiger partial charge in [0.25, 0.3) is 5.91 Å². The van der Waals surface area contributed by atoms with Gasteiger partial charge < -0.3 is 10.1 Å². The van der Waals surface area contributed by atoms with Crippen LogP contribution in [0, 0.1) is 0 Å². The number of sulfonamides is 1. The summed E-state index contributed by atoms with van der Waals surface area (Å²) in [6.07, 6.45) is 1.04. The van der Waals surface area contributed by atoms with Crippen molar-refractivity contribution in [2.24, 2.45) is 0 Å². The Labute approximate surface area is 214 Å². The minimum atomic E-state index is -3.67. The number of rotatable bonds is 7. The number of nitrogens with zero attached hydrogens (tertiary/aromatic N) is 3. The highest BCUT2D eigenvalue weighted by atomic mass is 35.5. The number of benzene rings is 2. The zero-order chi connectivity index (χ0) is 25.0. The maximum absolute atomic E-state index is 13.0. The number of carbonyl (C=O) groups excluding carboxylic acids is 1. The molecule has 4 rings (SSSR count). The van der Waals surface area contributed by atoms with Gasteiger partial charge in [-0.15, -0.1) is 0 Å². The molecule has 2 atom stereocenters. The molecule has 0 aliphatic carbocycles. The van der Waals surface area contributed by atoms with Crippen molar-refractivity contribution in [1.82, 2.24) is 14.3 Å². The predicted molar refractivity (Wildman–Crippen MR) is 136 cm³/mol. The van der Waals surface area contributed by atoms with E-state index in [-0.39, 0.29) is 27.8 Å². The van der Waals surface area contributed by atoms with E-state index in [9.17, 15) is 13.2 Å². The molecule has 0 radical (unpaired) electrons. The third kappa shape index (κ3) is 6.39. The van der Waals surface area contributed by atoms with Gasteiger partial charge in [-0.1, -0.05) is 53.7 Å². The van der Waals surface area contributed by atoms with Gasteiger partial charge in [-0.25, -0.2) is 18.4 Å². The molecule has 0 saturated carbocycles. The van der Waals surface area contributed by atoms with E-state index in [1.54, 1.807) is 0 Å². The quantitative estimate of drug-likeness (QED) is 0.354. The minimum Gasteiger partial charge on any atom is -0.373 e. The number of hydrogen-bond acceptors (Lipinski definition) is 7. The van der Waals surface area contributed by atoms with Crippen LogP contribution in [0.5, 0.6) is 0 Å². The minimum absolute atomic E-state index is 0.0465. The third-order valence-electron chi connectivity index (χ3n) is 5.28. The van der Waals surface area contributed by atoms with E-state index in [1.165, 1.54) is 46.5 Å². The number of hydrogen-bond donors (Lipinski definition) is 1. The van der Waals surface area contributed by atoms with E-state index >= 15 is 0 Å². The summed E-state index contributed by atoms with van der Waals surface area (Å²) in [4.78, 5) is 21.5. The lowest BCUT2D eigenvalue weighted by Crippen LogP contribution is -2.48. The molecule has 0 bridgehead atoms. The Kier molecular flexibility index (Phi) is 8.08. The number of anilines is 1. The lowest BCUT2D eigenvalue weighted by molar-refractivity contribution is -0.0440. The number of aromatic nitrogens is 2. The molecular formula is C24H25ClN4O4S2. The highest BCUT2D eigenvalue weighted by Crippen LogP contribution is 2.25. The van der Waals surface area contributed by atoms with Crippen molar-refractivity contribution in [3.63, 3.8) is 0 Å². The Morgan fingerprint density at radius 2 is 1.77 bits per heavy atom. The molecule has 2 heterocycles. The van der Waals surface area contributed by atoms with Crippen LogP contribution in [0.2, 0.25) is 5.02 Å². The van der Waals surface area contributed by atoms with E-state index in [1.807, 2.05) is 44.2 Å². The van der Waals surface area contributed by atoms with Gasteiger partial charge in [0.1, 0.15) is 0 Å². The molecule has 11 heteroatoms. The first kappa shape index (κ1) is 25.6. The standard InChI is InChI=1S/C24H25ClN4O4S2/c1-16-13-29(14-17(2)33-16)35(31,32)20-10-8-19(9-11-20)27-23(30)22-21(25)12-26-24(28-22)34-15-18-6-4-3-5-7-18/h3-12,16-17H,13-15H2,1-2H3,(H,27,30)/t16-,17-/m0/s1. The molecule has 1 aliphatic heterocycles. The summed E-state index contributed by atoms with van der Waals surface area (Å²) in [5, 5.41) is 3.28. The molecule has 0 unspecified atom stereocenters. The van der Waals surface area contributed by atoms with Crippen molar-refractivity contribution < 1.29 is 17.9 Å². The number of ether oxygens (including phenoxy) is 1. The summed E-state index contributed by atoms with van der Waals surface area (Å²) in [6.45, 7) is 4.28. The Bertz CT molecular complexity index is 1280. The lowest BCUT2D eigenvalue weighted by Gasteiger charge is -2.34. The number of morpholine rings is 1. The predicted octanol–water partition coefficient (Wildman–Crippen LogP) is 4.47. The largest absolute Gasteiger partial charge is 0.373 e. The average Bonchev–Trinajstić information content (AvgIpc) is 2.84. The summed E-state index contributed by atoms with van der Waals surface area (Å²) < 4.78 is 33.1. The van der Waals surface area contributed by atoms with Crippen molar-refractivity contribution in [3.8, 4) is 0 Å². The van der Waals surface area contributed by atoms with Crippen LogP contribution in [0.4, 0.5) is 5.69 Å². The fraction of sp³-hybridized carbons (Fsp3) is 0.292. The third-order valence-corrected chi connectivity index (χ3v) is 8.34. The number of halogens is 1. The van der Waals surface area contributed by atoms with Crippen LogP contribution in [0.1, 0.15) is 29.9 Å². The molecule has 2 aromatic carbocycles. The van der Waals surface area contributed by atoms with Gasteiger partial charge in [0.2, 0.25) is 10.0 Å². The van der Waals surface area contributed by atoms with Crippen LogP contribution >= 0.6 is 23.4 Å². The molecule has 8 nitrogen and oxygen atoms in total. The maximum atomic E-state index is 13.0. The topological polar surface area (TPSA) is 101 Å². The van der Waals surface area contributed by atoms with Crippen LogP contribution in [0.3, 0.4) is 0 Å². The Balaban J connectivity index is 1.43. The van der Waals surface area contributed by atoms with E-state index in [0.29, 0.717) is 29.7 Å². The van der Waals surface area contributed by atoms with Gasteiger partial charge in [0, 0.05) is 24.5 Å².